The minimum absolute atomic E-state index is 0.446. The summed E-state index contributed by atoms with van der Waals surface area (Å²) >= 11 is 0. The minimum atomic E-state index is -2.06. The Morgan fingerprint density at radius 3 is 1.51 bits per heavy atom. The van der Waals surface area contributed by atoms with Gasteiger partial charge in [-0.3, -0.25) is 0 Å². The zero-order valence-electron chi connectivity index (χ0n) is 25.3. The standard InChI is InChI=1S/C26H42O23/c27-5-1-42-23(14(34)9(5)29)46-8-4-44-25(17(37)18(8)47-24-15(35)10(30)6(28)2-43-24)45-7-3-41-22(40)20(11(7)31)49-26-16(36)12(32)13(33)19(48-26)21(38)39/h5-20,22-37,40H,1-4H2,(H,38,39)/t5-,6-,7-,8-,9+,10+,11+,12+,13+,14-,15-,16-,17-,18+,19+,20-,22-,23+,24+,25+,26-/m1/s1. The van der Waals surface area contributed by atoms with Gasteiger partial charge in [-0.2, -0.15) is 0 Å². The molecule has 23 nitrogen and oxygen atoms in total. The molecular formula is C26H42O23. The van der Waals surface area contributed by atoms with Crippen molar-refractivity contribution in [1.29, 1.82) is 0 Å². The van der Waals surface area contributed by atoms with Gasteiger partial charge in [-0.05, 0) is 0 Å². The van der Waals surface area contributed by atoms with Crippen LogP contribution in [0, 0.1) is 0 Å². The molecule has 49 heavy (non-hydrogen) atoms. The van der Waals surface area contributed by atoms with Crippen LogP contribution >= 0.6 is 0 Å². The third-order valence-electron chi connectivity index (χ3n) is 8.76. The van der Waals surface area contributed by atoms with Crippen LogP contribution in [-0.4, -0.2) is 228 Å². The lowest BCUT2D eigenvalue weighted by molar-refractivity contribution is -0.379. The highest BCUT2D eigenvalue weighted by atomic mass is 16.8. The van der Waals surface area contributed by atoms with Gasteiger partial charge in [-0.25, -0.2) is 4.79 Å². The molecule has 23 heteroatoms. The number of ether oxygens (including phenoxy) is 9. The van der Waals surface area contributed by atoms with Crippen molar-refractivity contribution in [2.24, 2.45) is 0 Å². The lowest BCUT2D eigenvalue weighted by Crippen LogP contribution is -2.65. The SMILES string of the molecule is O=C(O)[C@H]1O[C@H](O[C@@H]2[C@@H](O)[C@H](O[C@@H]3OC[C@@H](O[C@@H]4OC[C@@H](O)[C@H](O)[C@H]4O)[C@H](O[C@@H]4OC[C@@H](O)[C@H](O)[C@H]4O)[C@H]3O)CO[C@H]2O)[C@H](O)[C@@H](O)[C@@H]1O. The Balaban J connectivity index is 1.29. The molecule has 5 aliphatic rings. The maximum absolute atomic E-state index is 11.4. The van der Waals surface area contributed by atoms with Crippen LogP contribution in [0.25, 0.3) is 0 Å². The van der Waals surface area contributed by atoms with Crippen LogP contribution < -0.4 is 0 Å². The van der Waals surface area contributed by atoms with E-state index in [1.54, 1.807) is 0 Å². The van der Waals surface area contributed by atoms with E-state index in [0.717, 1.165) is 0 Å². The molecule has 0 unspecified atom stereocenters. The third-order valence-corrected chi connectivity index (χ3v) is 8.76. The molecule has 5 rings (SSSR count). The van der Waals surface area contributed by atoms with E-state index in [1.807, 2.05) is 0 Å². The summed E-state index contributed by atoms with van der Waals surface area (Å²) in [7, 11) is 0. The molecule has 5 saturated heterocycles. The van der Waals surface area contributed by atoms with Crippen molar-refractivity contribution >= 4 is 5.97 Å². The summed E-state index contributed by atoms with van der Waals surface area (Å²) in [5, 5.41) is 133. The second-order valence-corrected chi connectivity index (χ2v) is 12.2. The predicted octanol–water partition coefficient (Wildman–Crippen LogP) is -9.28. The first kappa shape index (κ1) is 38.9. The molecule has 5 heterocycles. The van der Waals surface area contributed by atoms with Gasteiger partial charge < -0.3 is 109 Å². The van der Waals surface area contributed by atoms with Gasteiger partial charge in [-0.1, -0.05) is 0 Å². The van der Waals surface area contributed by atoms with Crippen molar-refractivity contribution in [3.05, 3.63) is 0 Å². The van der Waals surface area contributed by atoms with Crippen LogP contribution in [0.5, 0.6) is 0 Å². The molecular weight excluding hydrogens is 680 g/mol. The van der Waals surface area contributed by atoms with Crippen molar-refractivity contribution in [1.82, 2.24) is 0 Å². The quantitative estimate of drug-likeness (QED) is 0.105. The van der Waals surface area contributed by atoms with E-state index in [2.05, 4.69) is 0 Å². The number of carboxylic acids is 1. The van der Waals surface area contributed by atoms with Crippen molar-refractivity contribution in [2.75, 3.05) is 26.4 Å². The highest BCUT2D eigenvalue weighted by Gasteiger charge is 2.53. The fourth-order valence-electron chi connectivity index (χ4n) is 5.81. The summed E-state index contributed by atoms with van der Waals surface area (Å²) in [4.78, 5) is 11.4. The van der Waals surface area contributed by atoms with E-state index in [4.69, 9.17) is 42.6 Å². The molecule has 0 radical (unpaired) electrons. The summed E-state index contributed by atoms with van der Waals surface area (Å²) in [5.41, 5.74) is 0. The third kappa shape index (κ3) is 8.17. The zero-order chi connectivity index (χ0) is 35.9. The number of aliphatic hydroxyl groups is 12. The highest BCUT2D eigenvalue weighted by Crippen LogP contribution is 2.32. The molecule has 13 N–H and O–H groups in total. The van der Waals surface area contributed by atoms with Gasteiger partial charge in [0.15, 0.2) is 37.6 Å². The van der Waals surface area contributed by atoms with Crippen molar-refractivity contribution in [3.63, 3.8) is 0 Å². The lowest BCUT2D eigenvalue weighted by atomic mass is 9.98. The summed E-state index contributed by atoms with van der Waals surface area (Å²) in [6.07, 6.45) is -37.2. The number of aliphatic carboxylic acids is 1. The van der Waals surface area contributed by atoms with Crippen molar-refractivity contribution in [2.45, 2.75) is 129 Å². The van der Waals surface area contributed by atoms with Crippen LogP contribution in [0.1, 0.15) is 0 Å². The summed E-state index contributed by atoms with van der Waals surface area (Å²) in [6, 6.07) is 0. The Morgan fingerprint density at radius 1 is 0.449 bits per heavy atom. The summed E-state index contributed by atoms with van der Waals surface area (Å²) in [6.45, 7) is -2.03. The van der Waals surface area contributed by atoms with Crippen LogP contribution in [0.2, 0.25) is 0 Å². The van der Waals surface area contributed by atoms with Crippen molar-refractivity contribution in [3.8, 4) is 0 Å². The molecule has 0 bridgehead atoms. The number of rotatable bonds is 9. The number of hydrogen-bond acceptors (Lipinski definition) is 22. The predicted molar refractivity (Wildman–Crippen MR) is 143 cm³/mol. The average Bonchev–Trinajstić information content (AvgIpc) is 3.06. The second kappa shape index (κ2) is 16.1. The normalized spacial score (nSPS) is 52.9. The van der Waals surface area contributed by atoms with Crippen molar-refractivity contribution < 1.29 is 114 Å². The molecule has 284 valence electrons. The van der Waals surface area contributed by atoms with Gasteiger partial charge in [0.05, 0.1) is 26.4 Å². The Labute approximate surface area is 275 Å². The van der Waals surface area contributed by atoms with E-state index in [9.17, 15) is 71.2 Å². The topological polar surface area (TPSA) is 363 Å². The Hall–Kier alpha value is -1.37. The molecule has 21 atom stereocenters. The van der Waals surface area contributed by atoms with Crippen LogP contribution in [-0.2, 0) is 47.4 Å². The first-order valence-electron chi connectivity index (χ1n) is 15.2. The molecule has 0 aromatic carbocycles. The molecule has 0 amide bonds. The monoisotopic (exact) mass is 722 g/mol. The molecule has 0 aliphatic carbocycles. The Morgan fingerprint density at radius 2 is 0.918 bits per heavy atom. The maximum Gasteiger partial charge on any atom is 0.335 e. The molecule has 5 aliphatic heterocycles. The average molecular weight is 723 g/mol. The molecule has 0 spiro atoms. The lowest BCUT2D eigenvalue weighted by Gasteiger charge is -2.47. The smallest absolute Gasteiger partial charge is 0.335 e. The van der Waals surface area contributed by atoms with Gasteiger partial charge in [0.25, 0.3) is 0 Å². The van der Waals surface area contributed by atoms with E-state index < -0.39 is 162 Å². The Bertz CT molecular complexity index is 1090. The number of carbonyl (C=O) groups is 1. The van der Waals surface area contributed by atoms with Gasteiger partial charge >= 0.3 is 5.97 Å². The minimum Gasteiger partial charge on any atom is -0.479 e. The number of carboxylic acid groups (broad SMARTS) is 1. The molecule has 0 aromatic heterocycles. The van der Waals surface area contributed by atoms with Gasteiger partial charge in [0, 0.05) is 0 Å². The number of aliphatic hydroxyl groups excluding tert-OH is 12. The van der Waals surface area contributed by atoms with Gasteiger partial charge in [0.2, 0.25) is 0 Å². The molecule has 5 fully saturated rings. The fraction of sp³-hybridized carbons (Fsp3) is 0.962. The summed E-state index contributed by atoms with van der Waals surface area (Å²) in [5.74, 6) is -1.72. The Kier molecular flexibility index (Phi) is 12.8. The first-order valence-corrected chi connectivity index (χ1v) is 15.2. The van der Waals surface area contributed by atoms with Crippen LogP contribution in [0.3, 0.4) is 0 Å². The molecule has 0 aromatic rings. The fourth-order valence-corrected chi connectivity index (χ4v) is 5.81. The van der Waals surface area contributed by atoms with Gasteiger partial charge in [-0.15, -0.1) is 0 Å². The van der Waals surface area contributed by atoms with E-state index in [1.165, 1.54) is 0 Å². The van der Waals surface area contributed by atoms with E-state index in [-0.39, 0.29) is 0 Å². The largest absolute Gasteiger partial charge is 0.479 e. The first-order chi connectivity index (χ1) is 23.1. The van der Waals surface area contributed by atoms with E-state index >= 15 is 0 Å². The second-order valence-electron chi connectivity index (χ2n) is 12.2. The highest BCUT2D eigenvalue weighted by molar-refractivity contribution is 5.73. The van der Waals surface area contributed by atoms with Crippen LogP contribution in [0.4, 0.5) is 0 Å². The number of hydrogen-bond donors (Lipinski definition) is 13. The van der Waals surface area contributed by atoms with E-state index in [0.29, 0.717) is 0 Å². The molecule has 0 saturated carbocycles. The zero-order valence-corrected chi connectivity index (χ0v) is 25.3. The summed E-state index contributed by atoms with van der Waals surface area (Å²) < 4.78 is 48.8. The van der Waals surface area contributed by atoms with Crippen LogP contribution in [0.15, 0.2) is 0 Å². The van der Waals surface area contributed by atoms with Gasteiger partial charge in [0.1, 0.15) is 91.6 Å². The maximum atomic E-state index is 11.4.